The van der Waals surface area contributed by atoms with Crippen LogP contribution in [0.15, 0.2) is 24.3 Å². The number of carbonyl (C=O) groups is 1. The maximum atomic E-state index is 12.8. The highest BCUT2D eigenvalue weighted by atomic mass is 19.4. The number of fused-ring (bicyclic) bond motifs is 1. The largest absolute Gasteiger partial charge is 0.416 e. The van der Waals surface area contributed by atoms with Crippen LogP contribution in [0.3, 0.4) is 0 Å². The second-order valence-electron chi connectivity index (χ2n) is 11.0. The third-order valence-electron chi connectivity index (χ3n) is 7.19. The van der Waals surface area contributed by atoms with Gasteiger partial charge in [0.15, 0.2) is 5.79 Å². The van der Waals surface area contributed by atoms with E-state index in [1.807, 2.05) is 0 Å². The van der Waals surface area contributed by atoms with Crippen LogP contribution in [0, 0.1) is 0 Å². The zero-order valence-electron chi connectivity index (χ0n) is 23.4. The molecule has 0 unspecified atom stereocenters. The summed E-state index contributed by atoms with van der Waals surface area (Å²) in [5.41, 5.74) is -0.767. The summed E-state index contributed by atoms with van der Waals surface area (Å²) in [4.78, 5) is 12.5. The molecule has 2 aliphatic rings. The summed E-state index contributed by atoms with van der Waals surface area (Å²) in [5.74, 6) is -2.88. The molecule has 4 atom stereocenters. The van der Waals surface area contributed by atoms with E-state index in [4.69, 9.17) is 18.9 Å². The van der Waals surface area contributed by atoms with Crippen molar-refractivity contribution < 1.29 is 42.0 Å². The van der Waals surface area contributed by atoms with Crippen molar-refractivity contribution in [3.05, 3.63) is 35.4 Å². The van der Waals surface area contributed by atoms with Crippen molar-refractivity contribution in [1.82, 2.24) is 5.32 Å². The molecule has 2 N–H and O–H groups in total. The molecule has 0 bridgehead atoms. The second kappa shape index (κ2) is 14.3. The first-order valence-electron chi connectivity index (χ1n) is 14.2. The average molecular weight is 560 g/mol. The summed E-state index contributed by atoms with van der Waals surface area (Å²) >= 11 is 0. The molecule has 7 nitrogen and oxygen atoms in total. The molecule has 39 heavy (non-hydrogen) atoms. The number of aliphatic hydroxyl groups excluding tert-OH is 1. The first kappa shape index (κ1) is 31.8. The Morgan fingerprint density at radius 1 is 0.974 bits per heavy atom. The SMILES string of the molecule is CCCCCCCCCCCCOC[C@@]12O[C@@H](CNC(=O)c3ccc(C(F)(F)F)cc3)[C@@H](O)[C@@H]1OC(C)(C)O2. The fourth-order valence-electron chi connectivity index (χ4n) is 5.16. The molecule has 10 heteroatoms. The van der Waals surface area contributed by atoms with E-state index < -0.39 is 47.5 Å². The van der Waals surface area contributed by atoms with Gasteiger partial charge in [0.25, 0.3) is 5.91 Å². The molecule has 0 aliphatic carbocycles. The number of amides is 1. The molecular formula is C29H44F3NO6. The lowest BCUT2D eigenvalue weighted by atomic mass is 10.1. The van der Waals surface area contributed by atoms with Crippen molar-refractivity contribution in [3.63, 3.8) is 0 Å². The molecule has 1 amide bonds. The van der Waals surface area contributed by atoms with E-state index in [1.165, 1.54) is 51.4 Å². The highest BCUT2D eigenvalue weighted by Gasteiger charge is 2.64. The van der Waals surface area contributed by atoms with Gasteiger partial charge >= 0.3 is 6.18 Å². The molecule has 2 fully saturated rings. The predicted molar refractivity (Wildman–Crippen MR) is 140 cm³/mol. The molecule has 2 heterocycles. The van der Waals surface area contributed by atoms with Gasteiger partial charge in [-0.25, -0.2) is 0 Å². The maximum absolute atomic E-state index is 12.8. The van der Waals surface area contributed by atoms with E-state index in [-0.39, 0.29) is 18.7 Å². The molecule has 0 radical (unpaired) electrons. The number of hydrogen-bond donors (Lipinski definition) is 2. The Labute approximate surface area is 229 Å². The molecule has 0 spiro atoms. The van der Waals surface area contributed by atoms with Crippen molar-refractivity contribution in [2.75, 3.05) is 19.8 Å². The minimum Gasteiger partial charge on any atom is -0.387 e. The molecule has 1 aromatic rings. The third kappa shape index (κ3) is 9.14. The molecule has 3 rings (SSSR count). The van der Waals surface area contributed by atoms with Crippen molar-refractivity contribution in [2.24, 2.45) is 0 Å². The predicted octanol–water partition coefficient (Wildman–Crippen LogP) is 5.98. The van der Waals surface area contributed by atoms with Crippen LogP contribution in [-0.4, -0.2) is 60.7 Å². The van der Waals surface area contributed by atoms with Gasteiger partial charge in [-0.05, 0) is 44.5 Å². The van der Waals surface area contributed by atoms with Gasteiger partial charge < -0.3 is 29.4 Å². The number of nitrogens with one attached hydrogen (secondary N) is 1. The molecule has 2 aliphatic heterocycles. The summed E-state index contributed by atoms with van der Waals surface area (Å²) in [6.45, 7) is 6.20. The number of benzene rings is 1. The van der Waals surface area contributed by atoms with Crippen LogP contribution < -0.4 is 5.32 Å². The monoisotopic (exact) mass is 559 g/mol. The lowest BCUT2D eigenvalue weighted by molar-refractivity contribution is -0.277. The number of aliphatic hydroxyl groups is 1. The summed E-state index contributed by atoms with van der Waals surface area (Å²) in [6.07, 6.45) is 5.00. The zero-order chi connectivity index (χ0) is 28.5. The van der Waals surface area contributed by atoms with Crippen LogP contribution in [0.25, 0.3) is 0 Å². The summed E-state index contributed by atoms with van der Waals surface area (Å²) < 4.78 is 62.3. The topological polar surface area (TPSA) is 86.3 Å². The Hall–Kier alpha value is -1.72. The van der Waals surface area contributed by atoms with E-state index in [2.05, 4.69) is 12.2 Å². The van der Waals surface area contributed by atoms with Crippen LogP contribution in [-0.2, 0) is 25.1 Å². The Morgan fingerprint density at radius 2 is 1.56 bits per heavy atom. The van der Waals surface area contributed by atoms with Gasteiger partial charge in [0, 0.05) is 18.7 Å². The number of ether oxygens (including phenoxy) is 4. The van der Waals surface area contributed by atoms with E-state index in [9.17, 15) is 23.1 Å². The molecule has 222 valence electrons. The highest BCUT2D eigenvalue weighted by Crippen LogP contribution is 2.45. The summed E-state index contributed by atoms with van der Waals surface area (Å²) in [6, 6.07) is 3.92. The minimum atomic E-state index is -4.48. The number of carbonyl (C=O) groups excluding carboxylic acids is 1. The molecule has 0 saturated carbocycles. The minimum absolute atomic E-state index is 0.0684. The molecule has 0 aromatic heterocycles. The lowest BCUT2D eigenvalue weighted by Crippen LogP contribution is -2.45. The Morgan fingerprint density at radius 3 is 2.15 bits per heavy atom. The average Bonchev–Trinajstić information content (AvgIpc) is 3.29. The fraction of sp³-hybridized carbons (Fsp3) is 0.759. The van der Waals surface area contributed by atoms with E-state index in [0.717, 1.165) is 37.1 Å². The van der Waals surface area contributed by atoms with Gasteiger partial charge in [-0.1, -0.05) is 64.7 Å². The summed E-state index contributed by atoms with van der Waals surface area (Å²) in [7, 11) is 0. The lowest BCUT2D eigenvalue weighted by Gasteiger charge is -2.28. The van der Waals surface area contributed by atoms with E-state index in [0.29, 0.717) is 6.61 Å². The number of halogens is 3. The van der Waals surface area contributed by atoms with Gasteiger partial charge in [0.1, 0.15) is 24.9 Å². The van der Waals surface area contributed by atoms with E-state index in [1.54, 1.807) is 13.8 Å². The van der Waals surface area contributed by atoms with Crippen LogP contribution in [0.2, 0.25) is 0 Å². The van der Waals surface area contributed by atoms with Crippen molar-refractivity contribution >= 4 is 5.91 Å². The van der Waals surface area contributed by atoms with Crippen LogP contribution in [0.5, 0.6) is 0 Å². The molecule has 2 saturated heterocycles. The normalized spacial score (nSPS) is 26.1. The van der Waals surface area contributed by atoms with Crippen molar-refractivity contribution in [3.8, 4) is 0 Å². The van der Waals surface area contributed by atoms with Gasteiger partial charge in [-0.15, -0.1) is 0 Å². The number of rotatable bonds is 16. The van der Waals surface area contributed by atoms with Crippen LogP contribution >= 0.6 is 0 Å². The van der Waals surface area contributed by atoms with Crippen molar-refractivity contribution in [1.29, 1.82) is 0 Å². The number of hydrogen-bond acceptors (Lipinski definition) is 6. The molecular weight excluding hydrogens is 515 g/mol. The van der Waals surface area contributed by atoms with Crippen molar-refractivity contribution in [2.45, 2.75) is 121 Å². The standard InChI is InChI=1S/C29H44F3NO6/c1-4-5-6-7-8-9-10-11-12-13-18-36-20-28-25(38-27(2,3)39-28)24(34)23(37-28)19-33-26(35)21-14-16-22(17-15-21)29(30,31)32/h14-17,23-25,34H,4-13,18-20H2,1-3H3,(H,33,35)/t23-,24+,25-,28-/m0/s1. The summed E-state index contributed by atoms with van der Waals surface area (Å²) in [5, 5.41) is 13.5. The highest BCUT2D eigenvalue weighted by molar-refractivity contribution is 5.94. The first-order valence-corrected chi connectivity index (χ1v) is 14.2. The van der Waals surface area contributed by atoms with Gasteiger partial charge in [-0.3, -0.25) is 4.79 Å². The molecule has 1 aromatic carbocycles. The Kier molecular flexibility index (Phi) is 11.6. The van der Waals surface area contributed by atoms with Crippen LogP contribution in [0.4, 0.5) is 13.2 Å². The quantitative estimate of drug-likeness (QED) is 0.242. The smallest absolute Gasteiger partial charge is 0.387 e. The van der Waals surface area contributed by atoms with Gasteiger partial charge in [-0.2, -0.15) is 13.2 Å². The Balaban J connectivity index is 1.42. The Bertz CT molecular complexity index is 894. The van der Waals surface area contributed by atoms with Crippen LogP contribution in [0.1, 0.15) is 101 Å². The second-order valence-corrected chi connectivity index (χ2v) is 11.0. The number of unbranched alkanes of at least 4 members (excludes halogenated alkanes) is 9. The maximum Gasteiger partial charge on any atom is 0.416 e. The van der Waals surface area contributed by atoms with Gasteiger partial charge in [0.05, 0.1) is 5.56 Å². The third-order valence-corrected chi connectivity index (χ3v) is 7.19. The number of alkyl halides is 3. The first-order chi connectivity index (χ1) is 18.5. The zero-order valence-corrected chi connectivity index (χ0v) is 23.4. The fourth-order valence-corrected chi connectivity index (χ4v) is 5.16. The van der Waals surface area contributed by atoms with Gasteiger partial charge in [0.2, 0.25) is 5.79 Å². The van der Waals surface area contributed by atoms with E-state index >= 15 is 0 Å².